The molecule has 1 aromatic carbocycles. The van der Waals surface area contributed by atoms with Crippen LogP contribution in [-0.2, 0) is 0 Å². The second-order valence-corrected chi connectivity index (χ2v) is 6.80. The van der Waals surface area contributed by atoms with Crippen LogP contribution in [0.4, 0.5) is 0 Å². The van der Waals surface area contributed by atoms with E-state index in [-0.39, 0.29) is 24.4 Å². The van der Waals surface area contributed by atoms with E-state index in [4.69, 9.17) is 23.2 Å². The van der Waals surface area contributed by atoms with Crippen molar-refractivity contribution in [3.8, 4) is 0 Å². The van der Waals surface area contributed by atoms with Gasteiger partial charge in [-0.1, -0.05) is 35.3 Å². The number of amides is 1. The molecule has 1 amide bonds. The minimum absolute atomic E-state index is 0. The standard InChI is InChI=1S/C17H20Cl2N4O.ClH/c1-11(13-5-2-6-14(18)16(13)19)21-17(24)15-7-9-23(22-15)12-4-3-8-20-10-12;/h2,5-7,9,11-12,20H,3-4,8,10H2,1H3,(H,21,24);1H. The van der Waals surface area contributed by atoms with Gasteiger partial charge < -0.3 is 10.6 Å². The number of carbonyl (C=O) groups excluding carboxylic acids is 1. The minimum atomic E-state index is -0.259. The summed E-state index contributed by atoms with van der Waals surface area (Å²) >= 11 is 12.2. The minimum Gasteiger partial charge on any atom is -0.344 e. The molecule has 2 atom stereocenters. The van der Waals surface area contributed by atoms with E-state index in [1.165, 1.54) is 0 Å². The predicted molar refractivity (Wildman–Crippen MR) is 103 cm³/mol. The molecule has 2 N–H and O–H groups in total. The fraction of sp³-hybridized carbons (Fsp3) is 0.412. The average Bonchev–Trinajstić information content (AvgIpc) is 3.08. The van der Waals surface area contributed by atoms with E-state index >= 15 is 0 Å². The molecule has 0 aliphatic carbocycles. The van der Waals surface area contributed by atoms with E-state index < -0.39 is 0 Å². The second kappa shape index (κ2) is 8.90. The molecule has 0 spiro atoms. The van der Waals surface area contributed by atoms with E-state index in [0.717, 1.165) is 31.5 Å². The van der Waals surface area contributed by atoms with Gasteiger partial charge in [-0.05, 0) is 44.0 Å². The van der Waals surface area contributed by atoms with Crippen molar-refractivity contribution in [1.29, 1.82) is 0 Å². The van der Waals surface area contributed by atoms with Crippen LogP contribution >= 0.6 is 35.6 Å². The van der Waals surface area contributed by atoms with Crippen LogP contribution in [0.25, 0.3) is 0 Å². The van der Waals surface area contributed by atoms with Crippen molar-refractivity contribution < 1.29 is 4.79 Å². The van der Waals surface area contributed by atoms with Crippen molar-refractivity contribution in [3.63, 3.8) is 0 Å². The molecule has 8 heteroatoms. The summed E-state index contributed by atoms with van der Waals surface area (Å²) < 4.78 is 1.87. The first-order chi connectivity index (χ1) is 11.6. The number of hydrogen-bond acceptors (Lipinski definition) is 3. The maximum absolute atomic E-state index is 12.4. The molecule has 0 radical (unpaired) electrons. The van der Waals surface area contributed by atoms with Crippen molar-refractivity contribution in [1.82, 2.24) is 20.4 Å². The Bertz CT molecular complexity index is 728. The third-order valence-corrected chi connectivity index (χ3v) is 5.12. The summed E-state index contributed by atoms with van der Waals surface area (Å²) in [6.45, 7) is 3.80. The predicted octanol–water partition coefficient (Wildman–Crippen LogP) is 4.03. The molecule has 0 bridgehead atoms. The number of benzene rings is 1. The Kier molecular flexibility index (Phi) is 7.14. The number of halogens is 3. The van der Waals surface area contributed by atoms with Crippen molar-refractivity contribution in [2.24, 2.45) is 0 Å². The van der Waals surface area contributed by atoms with Crippen LogP contribution in [-0.4, -0.2) is 28.8 Å². The Labute approximate surface area is 163 Å². The monoisotopic (exact) mass is 402 g/mol. The third kappa shape index (κ3) is 4.67. The topological polar surface area (TPSA) is 59.0 Å². The summed E-state index contributed by atoms with van der Waals surface area (Å²) in [6.07, 6.45) is 4.06. The van der Waals surface area contributed by atoms with Gasteiger partial charge in [0, 0.05) is 12.7 Å². The van der Waals surface area contributed by atoms with Crippen LogP contribution in [0.1, 0.15) is 47.9 Å². The zero-order valence-electron chi connectivity index (χ0n) is 13.8. The highest BCUT2D eigenvalue weighted by atomic mass is 35.5. The highest BCUT2D eigenvalue weighted by Gasteiger charge is 2.20. The normalized spacial score (nSPS) is 18.3. The number of aromatic nitrogens is 2. The quantitative estimate of drug-likeness (QED) is 0.810. The molecular weight excluding hydrogens is 383 g/mol. The lowest BCUT2D eigenvalue weighted by Crippen LogP contribution is -2.32. The van der Waals surface area contributed by atoms with Crippen LogP contribution in [0.15, 0.2) is 30.5 Å². The number of hydrogen-bond donors (Lipinski definition) is 2. The lowest BCUT2D eigenvalue weighted by Gasteiger charge is -2.23. The van der Waals surface area contributed by atoms with E-state index in [1.54, 1.807) is 12.1 Å². The Morgan fingerprint density at radius 3 is 2.92 bits per heavy atom. The number of rotatable bonds is 4. The molecule has 1 saturated heterocycles. The molecule has 1 aliphatic heterocycles. The molecule has 1 aromatic heterocycles. The summed E-state index contributed by atoms with van der Waals surface area (Å²) in [4.78, 5) is 12.4. The first-order valence-electron chi connectivity index (χ1n) is 8.07. The van der Waals surface area contributed by atoms with Gasteiger partial charge in [0.05, 0.1) is 22.1 Å². The van der Waals surface area contributed by atoms with Gasteiger partial charge in [0.1, 0.15) is 5.69 Å². The van der Waals surface area contributed by atoms with Gasteiger partial charge in [0.15, 0.2) is 0 Å². The Hall–Kier alpha value is -1.27. The molecule has 1 aliphatic rings. The largest absolute Gasteiger partial charge is 0.344 e. The molecule has 3 rings (SSSR count). The summed E-state index contributed by atoms with van der Waals surface area (Å²) in [5.41, 5.74) is 1.19. The van der Waals surface area contributed by atoms with Crippen LogP contribution in [0.5, 0.6) is 0 Å². The number of nitrogens with zero attached hydrogens (tertiary/aromatic N) is 2. The third-order valence-electron chi connectivity index (χ3n) is 4.28. The van der Waals surface area contributed by atoms with Crippen LogP contribution in [0.2, 0.25) is 10.0 Å². The summed E-state index contributed by atoms with van der Waals surface area (Å²) in [6, 6.07) is 7.19. The van der Waals surface area contributed by atoms with Gasteiger partial charge in [0.25, 0.3) is 5.91 Å². The van der Waals surface area contributed by atoms with E-state index in [2.05, 4.69) is 15.7 Å². The molecule has 5 nitrogen and oxygen atoms in total. The molecule has 136 valence electrons. The zero-order chi connectivity index (χ0) is 17.1. The second-order valence-electron chi connectivity index (χ2n) is 6.02. The van der Waals surface area contributed by atoms with Crippen molar-refractivity contribution >= 4 is 41.5 Å². The van der Waals surface area contributed by atoms with Gasteiger partial charge in [-0.3, -0.25) is 9.48 Å². The van der Waals surface area contributed by atoms with Crippen LogP contribution in [0.3, 0.4) is 0 Å². The first-order valence-corrected chi connectivity index (χ1v) is 8.82. The zero-order valence-corrected chi connectivity index (χ0v) is 16.2. The average molecular weight is 404 g/mol. The highest BCUT2D eigenvalue weighted by molar-refractivity contribution is 6.42. The lowest BCUT2D eigenvalue weighted by atomic mass is 10.1. The van der Waals surface area contributed by atoms with Gasteiger partial charge in [0.2, 0.25) is 0 Å². The Morgan fingerprint density at radius 1 is 1.40 bits per heavy atom. The summed E-state index contributed by atoms with van der Waals surface area (Å²) in [7, 11) is 0. The smallest absolute Gasteiger partial charge is 0.272 e. The number of piperidine rings is 1. The van der Waals surface area contributed by atoms with Gasteiger partial charge in [-0.2, -0.15) is 5.10 Å². The molecule has 2 heterocycles. The molecule has 25 heavy (non-hydrogen) atoms. The van der Waals surface area contributed by atoms with Crippen molar-refractivity contribution in [2.45, 2.75) is 31.8 Å². The van der Waals surface area contributed by atoms with Gasteiger partial charge >= 0.3 is 0 Å². The van der Waals surface area contributed by atoms with Gasteiger partial charge in [-0.25, -0.2) is 0 Å². The molecule has 2 unspecified atom stereocenters. The van der Waals surface area contributed by atoms with Crippen molar-refractivity contribution in [3.05, 3.63) is 51.8 Å². The molecule has 2 aromatic rings. The number of nitrogens with one attached hydrogen (secondary N) is 2. The maximum Gasteiger partial charge on any atom is 0.272 e. The summed E-state index contributed by atoms with van der Waals surface area (Å²) in [5, 5.41) is 11.6. The highest BCUT2D eigenvalue weighted by Crippen LogP contribution is 2.29. The maximum atomic E-state index is 12.4. The Balaban J connectivity index is 0.00000225. The first kappa shape index (κ1) is 20.0. The fourth-order valence-corrected chi connectivity index (χ4v) is 3.40. The van der Waals surface area contributed by atoms with Crippen LogP contribution < -0.4 is 10.6 Å². The van der Waals surface area contributed by atoms with Crippen LogP contribution in [0, 0.1) is 0 Å². The summed E-state index contributed by atoms with van der Waals surface area (Å²) in [5.74, 6) is -0.221. The van der Waals surface area contributed by atoms with E-state index in [0.29, 0.717) is 21.8 Å². The SMILES string of the molecule is CC(NC(=O)c1ccn(C2CCCNC2)n1)c1cccc(Cl)c1Cl.Cl. The Morgan fingerprint density at radius 2 is 2.20 bits per heavy atom. The molecule has 0 saturated carbocycles. The van der Waals surface area contributed by atoms with Gasteiger partial charge in [-0.15, -0.1) is 12.4 Å². The number of carbonyl (C=O) groups is 1. The van der Waals surface area contributed by atoms with Crippen molar-refractivity contribution in [2.75, 3.05) is 13.1 Å². The van der Waals surface area contributed by atoms with E-state index in [1.807, 2.05) is 29.9 Å². The van der Waals surface area contributed by atoms with E-state index in [9.17, 15) is 4.79 Å². The lowest BCUT2D eigenvalue weighted by molar-refractivity contribution is 0.0933. The molecular formula is C17H21Cl3N4O. The molecule has 1 fully saturated rings. The fourth-order valence-electron chi connectivity index (χ4n) is 2.92.